The molecule has 0 atom stereocenters. The average molecular weight is 420 g/mol. The summed E-state index contributed by atoms with van der Waals surface area (Å²) in [6, 6.07) is 10.1. The van der Waals surface area contributed by atoms with Crippen molar-refractivity contribution in [1.82, 2.24) is 10.6 Å². The van der Waals surface area contributed by atoms with Crippen LogP contribution in [0.3, 0.4) is 0 Å². The van der Waals surface area contributed by atoms with Gasteiger partial charge in [-0.3, -0.25) is 4.99 Å². The van der Waals surface area contributed by atoms with E-state index in [2.05, 4.69) is 15.6 Å². The van der Waals surface area contributed by atoms with Crippen LogP contribution in [0.5, 0.6) is 5.75 Å². The first-order chi connectivity index (χ1) is 14.0. The summed E-state index contributed by atoms with van der Waals surface area (Å²) in [6.07, 6.45) is 1.99. The number of thioether (sulfide) groups is 1. The van der Waals surface area contributed by atoms with Gasteiger partial charge in [-0.15, -0.1) is 0 Å². The number of carbonyl (C=O) groups excluding carboxylic acids is 1. The third kappa shape index (κ3) is 6.39. The molecule has 2 N–H and O–H groups in total. The van der Waals surface area contributed by atoms with E-state index in [0.717, 1.165) is 22.4 Å². The highest BCUT2D eigenvalue weighted by Crippen LogP contribution is 2.21. The van der Waals surface area contributed by atoms with Crippen LogP contribution in [0, 0.1) is 5.82 Å². The molecule has 0 fully saturated rings. The summed E-state index contributed by atoms with van der Waals surface area (Å²) in [4.78, 5) is 16.0. The van der Waals surface area contributed by atoms with Gasteiger partial charge >= 0.3 is 5.97 Å². The predicted molar refractivity (Wildman–Crippen MR) is 115 cm³/mol. The van der Waals surface area contributed by atoms with E-state index >= 15 is 0 Å². The van der Waals surface area contributed by atoms with Gasteiger partial charge in [-0.05, 0) is 47.2 Å². The van der Waals surface area contributed by atoms with Crippen molar-refractivity contribution in [2.45, 2.75) is 18.8 Å². The molecule has 0 spiro atoms. The van der Waals surface area contributed by atoms with Crippen LogP contribution < -0.4 is 15.4 Å². The summed E-state index contributed by atoms with van der Waals surface area (Å²) in [5.74, 6) is 1.13. The fourth-order valence-electron chi connectivity index (χ4n) is 2.77. The largest absolute Gasteiger partial charge is 0.496 e. The van der Waals surface area contributed by atoms with Crippen LogP contribution in [0.1, 0.15) is 27.0 Å². The number of methoxy groups -OCH3 is 2. The number of benzene rings is 2. The molecule has 2 aromatic carbocycles. The minimum atomic E-state index is -0.445. The van der Waals surface area contributed by atoms with Gasteiger partial charge in [-0.2, -0.15) is 11.8 Å². The lowest BCUT2D eigenvalue weighted by Crippen LogP contribution is -2.36. The average Bonchev–Trinajstić information content (AvgIpc) is 2.74. The molecule has 0 aliphatic heterocycles. The van der Waals surface area contributed by atoms with Crippen molar-refractivity contribution in [3.8, 4) is 5.75 Å². The molecule has 0 heterocycles. The molecule has 29 heavy (non-hydrogen) atoms. The Labute approximate surface area is 174 Å². The number of esters is 1. The highest BCUT2D eigenvalue weighted by molar-refractivity contribution is 7.97. The Morgan fingerprint density at radius 3 is 2.52 bits per heavy atom. The molecule has 0 aliphatic carbocycles. The zero-order valence-corrected chi connectivity index (χ0v) is 17.9. The fraction of sp³-hybridized carbons (Fsp3) is 0.333. The van der Waals surface area contributed by atoms with Gasteiger partial charge in [-0.25, -0.2) is 9.18 Å². The first-order valence-electron chi connectivity index (χ1n) is 8.98. The van der Waals surface area contributed by atoms with E-state index in [4.69, 9.17) is 9.47 Å². The third-order valence-corrected chi connectivity index (χ3v) is 4.87. The number of carbonyl (C=O) groups is 1. The fourth-order valence-corrected chi connectivity index (χ4v) is 3.35. The molecule has 6 nitrogen and oxygen atoms in total. The van der Waals surface area contributed by atoms with E-state index in [1.54, 1.807) is 43.1 Å². The van der Waals surface area contributed by atoms with Crippen LogP contribution in [0.25, 0.3) is 0 Å². The van der Waals surface area contributed by atoms with Crippen molar-refractivity contribution in [2.24, 2.45) is 4.99 Å². The molecule has 0 unspecified atom stereocenters. The van der Waals surface area contributed by atoms with Crippen molar-refractivity contribution >= 4 is 23.7 Å². The summed E-state index contributed by atoms with van der Waals surface area (Å²) < 4.78 is 23.5. The normalized spacial score (nSPS) is 11.1. The predicted octanol–water partition coefficient (Wildman–Crippen LogP) is 3.35. The summed E-state index contributed by atoms with van der Waals surface area (Å²) in [5, 5.41) is 6.46. The van der Waals surface area contributed by atoms with Crippen molar-refractivity contribution in [1.29, 1.82) is 0 Å². The summed E-state index contributed by atoms with van der Waals surface area (Å²) >= 11 is 1.65. The van der Waals surface area contributed by atoms with E-state index in [1.165, 1.54) is 20.3 Å². The minimum Gasteiger partial charge on any atom is -0.496 e. The maximum Gasteiger partial charge on any atom is 0.341 e. The summed E-state index contributed by atoms with van der Waals surface area (Å²) in [5.41, 5.74) is 3.28. The number of hydrogen-bond donors (Lipinski definition) is 2. The first-order valence-corrected chi connectivity index (χ1v) is 10.4. The topological polar surface area (TPSA) is 72.0 Å². The molecule has 8 heteroatoms. The number of aliphatic imine (C=N–C) groups is 1. The van der Waals surface area contributed by atoms with E-state index in [-0.39, 0.29) is 5.82 Å². The maximum absolute atomic E-state index is 13.5. The van der Waals surface area contributed by atoms with Gasteiger partial charge in [0.05, 0.1) is 14.2 Å². The smallest absolute Gasteiger partial charge is 0.341 e. The number of hydrogen-bond acceptors (Lipinski definition) is 5. The van der Waals surface area contributed by atoms with Gasteiger partial charge in [0.1, 0.15) is 17.1 Å². The number of rotatable bonds is 8. The van der Waals surface area contributed by atoms with Gasteiger partial charge in [0.2, 0.25) is 0 Å². The van der Waals surface area contributed by atoms with Crippen molar-refractivity contribution in [2.75, 3.05) is 27.5 Å². The number of guanidine groups is 1. The highest BCUT2D eigenvalue weighted by atomic mass is 32.2. The number of nitrogens with one attached hydrogen (secondary N) is 2. The Bertz CT molecular complexity index is 874. The highest BCUT2D eigenvalue weighted by Gasteiger charge is 2.13. The molecule has 0 aliphatic rings. The molecule has 0 aromatic heterocycles. The van der Waals surface area contributed by atoms with Crippen LogP contribution >= 0.6 is 11.8 Å². The summed E-state index contributed by atoms with van der Waals surface area (Å²) in [7, 11) is 4.52. The van der Waals surface area contributed by atoms with Gasteiger partial charge < -0.3 is 20.1 Å². The van der Waals surface area contributed by atoms with Crippen molar-refractivity contribution in [3.63, 3.8) is 0 Å². The Kier molecular flexibility index (Phi) is 8.79. The van der Waals surface area contributed by atoms with Gasteiger partial charge in [0, 0.05) is 25.9 Å². The van der Waals surface area contributed by atoms with Crippen LogP contribution in [0.4, 0.5) is 4.39 Å². The zero-order chi connectivity index (χ0) is 21.2. The Balaban J connectivity index is 2.00. The maximum atomic E-state index is 13.5. The number of ether oxygens (including phenoxy) is 2. The van der Waals surface area contributed by atoms with E-state index in [9.17, 15) is 9.18 Å². The van der Waals surface area contributed by atoms with E-state index < -0.39 is 5.97 Å². The monoisotopic (exact) mass is 419 g/mol. The van der Waals surface area contributed by atoms with E-state index in [0.29, 0.717) is 30.4 Å². The van der Waals surface area contributed by atoms with E-state index in [1.807, 2.05) is 12.3 Å². The molecule has 2 rings (SSSR count). The second-order valence-corrected chi connectivity index (χ2v) is 7.02. The molecule has 2 aromatic rings. The lowest BCUT2D eigenvalue weighted by Gasteiger charge is -2.15. The third-order valence-electron chi connectivity index (χ3n) is 4.27. The minimum absolute atomic E-state index is 0.232. The van der Waals surface area contributed by atoms with Gasteiger partial charge in [0.15, 0.2) is 5.96 Å². The standard InChI is InChI=1S/C21H26FN3O3S/c1-23-21(25-12-15-6-7-17(22)10-16(15)13-29-4)24-11-14-5-8-18(20(26)28-3)19(9-14)27-2/h5-10H,11-13H2,1-4H3,(H2,23,24,25). The molecule has 0 saturated carbocycles. The van der Waals surface area contributed by atoms with Crippen molar-refractivity contribution < 1.29 is 18.7 Å². The Morgan fingerprint density at radius 1 is 1.10 bits per heavy atom. The molecular weight excluding hydrogens is 393 g/mol. The quantitative estimate of drug-likeness (QED) is 0.388. The van der Waals surface area contributed by atoms with Gasteiger partial charge in [0.25, 0.3) is 0 Å². The lowest BCUT2D eigenvalue weighted by molar-refractivity contribution is 0.0597. The van der Waals surface area contributed by atoms with Crippen LogP contribution in [-0.4, -0.2) is 39.5 Å². The molecular formula is C21H26FN3O3S. The SMILES string of the molecule is CN=C(NCc1ccc(C(=O)OC)c(OC)c1)NCc1ccc(F)cc1CSC. The number of halogens is 1. The molecule has 156 valence electrons. The second kappa shape index (κ2) is 11.3. The Hall–Kier alpha value is -2.74. The molecule has 0 amide bonds. The number of nitrogens with zero attached hydrogens (tertiary/aromatic N) is 1. The second-order valence-electron chi connectivity index (χ2n) is 6.15. The first kappa shape index (κ1) is 22.5. The van der Waals surface area contributed by atoms with Crippen LogP contribution in [0.15, 0.2) is 41.4 Å². The Morgan fingerprint density at radius 2 is 1.86 bits per heavy atom. The van der Waals surface area contributed by atoms with Crippen molar-refractivity contribution in [3.05, 3.63) is 64.5 Å². The zero-order valence-electron chi connectivity index (χ0n) is 17.0. The van der Waals surface area contributed by atoms with Gasteiger partial charge in [-0.1, -0.05) is 12.1 Å². The molecule has 0 radical (unpaired) electrons. The lowest BCUT2D eigenvalue weighted by atomic mass is 10.1. The molecule has 0 saturated heterocycles. The molecule has 0 bridgehead atoms. The van der Waals surface area contributed by atoms with Crippen LogP contribution in [0.2, 0.25) is 0 Å². The summed E-state index contributed by atoms with van der Waals surface area (Å²) in [6.45, 7) is 1.01. The van der Waals surface area contributed by atoms with Crippen LogP contribution in [-0.2, 0) is 23.6 Å².